The van der Waals surface area contributed by atoms with E-state index in [1.54, 1.807) is 0 Å². The van der Waals surface area contributed by atoms with Crippen molar-refractivity contribution in [2.75, 3.05) is 25.1 Å². The van der Waals surface area contributed by atoms with Crippen LogP contribution in [0.3, 0.4) is 0 Å². The van der Waals surface area contributed by atoms with Crippen LogP contribution >= 0.6 is 12.6 Å². The van der Waals surface area contributed by atoms with Gasteiger partial charge in [0.1, 0.15) is 19.0 Å². The van der Waals surface area contributed by atoms with Gasteiger partial charge < -0.3 is 14.8 Å². The molecule has 0 aliphatic carbocycles. The van der Waals surface area contributed by atoms with Crippen molar-refractivity contribution in [1.29, 1.82) is 0 Å². The molecule has 4 nitrogen and oxygen atoms in total. The average molecular weight is 297 g/mol. The molecule has 0 saturated heterocycles. The lowest BCUT2D eigenvalue weighted by Gasteiger charge is -2.12. The van der Waals surface area contributed by atoms with Crippen LogP contribution < -0.4 is 10.1 Å². The SMILES string of the molecule is CC(S)Nc1cccc(OCCOCC(=O)C(C)C)c1. The smallest absolute Gasteiger partial charge is 0.160 e. The molecule has 0 bridgehead atoms. The third-order valence-corrected chi connectivity index (χ3v) is 2.72. The summed E-state index contributed by atoms with van der Waals surface area (Å²) in [6.07, 6.45) is 0. The Kier molecular flexibility index (Phi) is 7.47. The summed E-state index contributed by atoms with van der Waals surface area (Å²) in [6.45, 7) is 6.66. The molecule has 5 heteroatoms. The molecule has 1 rings (SSSR count). The van der Waals surface area contributed by atoms with E-state index in [4.69, 9.17) is 9.47 Å². The Labute approximate surface area is 126 Å². The van der Waals surface area contributed by atoms with Crippen LogP contribution in [0.4, 0.5) is 5.69 Å². The van der Waals surface area contributed by atoms with E-state index in [1.807, 2.05) is 45.0 Å². The Morgan fingerprint density at radius 3 is 2.70 bits per heavy atom. The lowest BCUT2D eigenvalue weighted by atomic mass is 10.1. The number of rotatable bonds is 9. The largest absolute Gasteiger partial charge is 0.491 e. The lowest BCUT2D eigenvalue weighted by Crippen LogP contribution is -2.17. The molecule has 0 heterocycles. The molecule has 1 aromatic carbocycles. The van der Waals surface area contributed by atoms with Crippen molar-refractivity contribution in [1.82, 2.24) is 0 Å². The summed E-state index contributed by atoms with van der Waals surface area (Å²) in [5, 5.41) is 3.26. The summed E-state index contributed by atoms with van der Waals surface area (Å²) < 4.78 is 10.8. The van der Waals surface area contributed by atoms with Crippen LogP contribution in [0, 0.1) is 5.92 Å². The van der Waals surface area contributed by atoms with Gasteiger partial charge in [0, 0.05) is 17.7 Å². The van der Waals surface area contributed by atoms with Crippen LogP contribution in [0.1, 0.15) is 20.8 Å². The molecule has 0 amide bonds. The second-order valence-electron chi connectivity index (χ2n) is 4.87. The van der Waals surface area contributed by atoms with E-state index in [1.165, 1.54) is 0 Å². The van der Waals surface area contributed by atoms with Crippen LogP contribution in [-0.4, -0.2) is 31.0 Å². The summed E-state index contributed by atoms with van der Waals surface area (Å²) in [6, 6.07) is 7.66. The molecule has 0 radical (unpaired) electrons. The second kappa shape index (κ2) is 8.87. The fraction of sp³-hybridized carbons (Fsp3) is 0.533. The first-order valence-corrected chi connectivity index (χ1v) is 7.28. The van der Waals surface area contributed by atoms with E-state index >= 15 is 0 Å². The van der Waals surface area contributed by atoms with Crippen molar-refractivity contribution in [3.8, 4) is 5.75 Å². The molecule has 1 unspecified atom stereocenters. The normalized spacial score (nSPS) is 12.2. The van der Waals surface area contributed by atoms with Crippen molar-refractivity contribution in [3.63, 3.8) is 0 Å². The zero-order valence-corrected chi connectivity index (χ0v) is 13.2. The van der Waals surface area contributed by atoms with Gasteiger partial charge in [0.15, 0.2) is 5.78 Å². The molecule has 0 saturated carbocycles. The number of hydrogen-bond donors (Lipinski definition) is 2. The van der Waals surface area contributed by atoms with Crippen molar-refractivity contribution in [3.05, 3.63) is 24.3 Å². The third-order valence-electron chi connectivity index (χ3n) is 2.59. The summed E-state index contributed by atoms with van der Waals surface area (Å²) in [5.74, 6) is 0.892. The van der Waals surface area contributed by atoms with Crippen LogP contribution in [0.25, 0.3) is 0 Å². The summed E-state index contributed by atoms with van der Waals surface area (Å²) in [5.41, 5.74) is 0.959. The number of carbonyl (C=O) groups excluding carboxylic acids is 1. The van der Waals surface area contributed by atoms with Gasteiger partial charge in [-0.25, -0.2) is 0 Å². The Balaban J connectivity index is 2.26. The first-order chi connectivity index (χ1) is 9.49. The standard InChI is InChI=1S/C15H23NO3S/c1-11(2)15(17)10-18-7-8-19-14-6-4-5-13(9-14)16-12(3)20/h4-6,9,11-12,16,20H,7-8,10H2,1-3H3. The van der Waals surface area contributed by atoms with Crippen molar-refractivity contribution < 1.29 is 14.3 Å². The van der Waals surface area contributed by atoms with Gasteiger partial charge in [-0.05, 0) is 19.1 Å². The van der Waals surface area contributed by atoms with E-state index in [0.29, 0.717) is 13.2 Å². The second-order valence-corrected chi connectivity index (χ2v) is 5.64. The zero-order valence-electron chi connectivity index (χ0n) is 12.3. The van der Waals surface area contributed by atoms with Gasteiger partial charge in [0.2, 0.25) is 0 Å². The summed E-state index contributed by atoms with van der Waals surface area (Å²) >= 11 is 4.27. The van der Waals surface area contributed by atoms with Crippen LogP contribution in [0.5, 0.6) is 5.75 Å². The summed E-state index contributed by atoms with van der Waals surface area (Å²) in [7, 11) is 0. The molecule has 0 spiro atoms. The number of hydrogen-bond acceptors (Lipinski definition) is 5. The molecule has 1 atom stereocenters. The highest BCUT2D eigenvalue weighted by Crippen LogP contribution is 2.18. The number of ketones is 1. The third kappa shape index (κ3) is 6.82. The molecular formula is C15H23NO3S. The maximum atomic E-state index is 11.3. The molecule has 0 fully saturated rings. The average Bonchev–Trinajstić information content (AvgIpc) is 2.37. The minimum absolute atomic E-state index is 0.0156. The molecular weight excluding hydrogens is 274 g/mol. The monoisotopic (exact) mass is 297 g/mol. The van der Waals surface area contributed by atoms with Gasteiger partial charge in [-0.15, -0.1) is 0 Å². The van der Waals surface area contributed by atoms with Gasteiger partial charge in [-0.1, -0.05) is 19.9 Å². The molecule has 0 aromatic heterocycles. The number of carbonyl (C=O) groups is 1. The Morgan fingerprint density at radius 2 is 2.05 bits per heavy atom. The number of anilines is 1. The lowest BCUT2D eigenvalue weighted by molar-refractivity contribution is -0.126. The van der Waals surface area contributed by atoms with E-state index in [9.17, 15) is 4.79 Å². The van der Waals surface area contributed by atoms with Crippen LogP contribution in [0.15, 0.2) is 24.3 Å². The Bertz CT molecular complexity index is 421. The predicted molar refractivity (Wildman–Crippen MR) is 84.7 cm³/mol. The maximum absolute atomic E-state index is 11.3. The van der Waals surface area contributed by atoms with Crippen molar-refractivity contribution >= 4 is 24.1 Å². The minimum atomic E-state index is 0.0156. The molecule has 0 aliphatic heterocycles. The zero-order chi connectivity index (χ0) is 15.0. The number of Topliss-reactive ketones (excluding diaryl/α,β-unsaturated/α-hetero) is 1. The van der Waals surface area contributed by atoms with Crippen LogP contribution in [0.2, 0.25) is 0 Å². The summed E-state index contributed by atoms with van der Waals surface area (Å²) in [4.78, 5) is 11.3. The highest BCUT2D eigenvalue weighted by atomic mass is 32.1. The van der Waals surface area contributed by atoms with Gasteiger partial charge in [-0.2, -0.15) is 12.6 Å². The fourth-order valence-electron chi connectivity index (χ4n) is 1.47. The van der Waals surface area contributed by atoms with Crippen molar-refractivity contribution in [2.45, 2.75) is 26.1 Å². The highest BCUT2D eigenvalue weighted by Gasteiger charge is 2.06. The van der Waals surface area contributed by atoms with Gasteiger partial charge >= 0.3 is 0 Å². The highest BCUT2D eigenvalue weighted by molar-refractivity contribution is 7.81. The van der Waals surface area contributed by atoms with E-state index in [2.05, 4.69) is 17.9 Å². The number of nitrogens with one attached hydrogen (secondary N) is 1. The van der Waals surface area contributed by atoms with E-state index in [-0.39, 0.29) is 23.7 Å². The maximum Gasteiger partial charge on any atom is 0.160 e. The number of thiol groups is 1. The molecule has 1 aromatic rings. The number of ether oxygens (including phenoxy) is 2. The molecule has 0 aliphatic rings. The molecule has 20 heavy (non-hydrogen) atoms. The predicted octanol–water partition coefficient (Wildman–Crippen LogP) is 2.99. The minimum Gasteiger partial charge on any atom is -0.491 e. The first-order valence-electron chi connectivity index (χ1n) is 6.77. The fourth-order valence-corrected chi connectivity index (χ4v) is 1.62. The molecule has 1 N–H and O–H groups in total. The van der Waals surface area contributed by atoms with Gasteiger partial charge in [0.25, 0.3) is 0 Å². The van der Waals surface area contributed by atoms with E-state index < -0.39 is 0 Å². The number of benzene rings is 1. The first kappa shape index (κ1) is 16.9. The topological polar surface area (TPSA) is 47.6 Å². The van der Waals surface area contributed by atoms with Crippen LogP contribution in [-0.2, 0) is 9.53 Å². The Morgan fingerprint density at radius 1 is 1.30 bits per heavy atom. The Hall–Kier alpha value is -1.20. The van der Waals surface area contributed by atoms with Gasteiger partial charge in [0.05, 0.1) is 12.0 Å². The van der Waals surface area contributed by atoms with E-state index in [0.717, 1.165) is 11.4 Å². The quantitative estimate of drug-likeness (QED) is 0.418. The van der Waals surface area contributed by atoms with Gasteiger partial charge in [-0.3, -0.25) is 4.79 Å². The van der Waals surface area contributed by atoms with Crippen molar-refractivity contribution in [2.24, 2.45) is 5.92 Å². The molecule has 112 valence electrons.